The molecule has 0 aliphatic rings. The van der Waals surface area contributed by atoms with Crippen LogP contribution in [0.4, 0.5) is 5.69 Å². The molecule has 2 atom stereocenters. The summed E-state index contributed by atoms with van der Waals surface area (Å²) in [5.41, 5.74) is 4.35. The summed E-state index contributed by atoms with van der Waals surface area (Å²) in [6.45, 7) is 8.21. The smallest absolute Gasteiger partial charge is 0.243 e. The molecule has 0 saturated carbocycles. The van der Waals surface area contributed by atoms with Crippen molar-refractivity contribution in [1.82, 2.24) is 10.2 Å². The van der Waals surface area contributed by atoms with Gasteiger partial charge in [0, 0.05) is 36.4 Å². The zero-order valence-corrected chi connectivity index (χ0v) is 27.5. The number of anilines is 1. The van der Waals surface area contributed by atoms with E-state index in [4.69, 9.17) is 0 Å². The van der Waals surface area contributed by atoms with Gasteiger partial charge in [0.25, 0.3) is 0 Å². The Balaban J connectivity index is 1.90. The van der Waals surface area contributed by atoms with Crippen LogP contribution in [0.5, 0.6) is 0 Å². The quantitative estimate of drug-likeness (QED) is 0.225. The molecule has 0 saturated heterocycles. The average Bonchev–Trinajstić information content (AvgIpc) is 2.95. The van der Waals surface area contributed by atoms with Gasteiger partial charge in [-0.15, -0.1) is 0 Å². The topological polar surface area (TPSA) is 86.8 Å². The molecule has 7 nitrogen and oxygen atoms in total. The zero-order chi connectivity index (χ0) is 30.9. The fraction of sp³-hybridized carbons (Fsp3) is 0.394. The normalized spacial score (nSPS) is 12.8. The molecule has 0 aliphatic heterocycles. The molecule has 0 spiro atoms. The maximum Gasteiger partial charge on any atom is 0.243 e. The fourth-order valence-electron chi connectivity index (χ4n) is 4.77. The molecule has 2 amide bonds. The third kappa shape index (κ3) is 9.42. The molecule has 1 N–H and O–H groups in total. The standard InChI is InChI=1S/C33H42BrN3O4S/c1-6-25(3)35-33(39)31(22-27-13-8-7-9-14-27)36(23-28-17-19-29(34)20-18-28)32(38)16-11-21-37(42(5,40)41)30-15-10-12-24(2)26(30)4/h7-10,12-15,17-20,25,31H,6,11,16,21-23H2,1-5H3,(H,35,39)/t25-,31-/m1/s1. The van der Waals surface area contributed by atoms with Gasteiger partial charge in [-0.1, -0.05) is 77.5 Å². The molecule has 9 heteroatoms. The van der Waals surface area contributed by atoms with E-state index in [1.165, 1.54) is 10.6 Å². The summed E-state index contributed by atoms with van der Waals surface area (Å²) < 4.78 is 27.9. The van der Waals surface area contributed by atoms with Gasteiger partial charge < -0.3 is 10.2 Å². The largest absolute Gasteiger partial charge is 0.352 e. The molecule has 3 aromatic rings. The van der Waals surface area contributed by atoms with Gasteiger partial charge >= 0.3 is 0 Å². The van der Waals surface area contributed by atoms with Crippen molar-refractivity contribution in [2.24, 2.45) is 0 Å². The second kappa shape index (κ2) is 15.3. The molecule has 0 bridgehead atoms. The first-order valence-electron chi connectivity index (χ1n) is 14.3. The average molecular weight is 657 g/mol. The van der Waals surface area contributed by atoms with Crippen LogP contribution in [0, 0.1) is 13.8 Å². The monoisotopic (exact) mass is 655 g/mol. The van der Waals surface area contributed by atoms with Gasteiger partial charge in [0.1, 0.15) is 6.04 Å². The number of nitrogens with one attached hydrogen (secondary N) is 1. The van der Waals surface area contributed by atoms with Crippen molar-refractivity contribution in [1.29, 1.82) is 0 Å². The molecule has 0 aromatic heterocycles. The van der Waals surface area contributed by atoms with Crippen LogP contribution >= 0.6 is 15.9 Å². The van der Waals surface area contributed by atoms with Gasteiger partial charge in [0.2, 0.25) is 21.8 Å². The molecule has 0 unspecified atom stereocenters. The first-order chi connectivity index (χ1) is 19.9. The van der Waals surface area contributed by atoms with Crippen LogP contribution in [0.3, 0.4) is 0 Å². The van der Waals surface area contributed by atoms with Gasteiger partial charge in [0.15, 0.2) is 0 Å². The molecule has 0 aliphatic carbocycles. The molecule has 0 heterocycles. The number of benzene rings is 3. The number of amides is 2. The highest BCUT2D eigenvalue weighted by atomic mass is 79.9. The van der Waals surface area contributed by atoms with Crippen molar-refractivity contribution < 1.29 is 18.0 Å². The van der Waals surface area contributed by atoms with Gasteiger partial charge in [0.05, 0.1) is 11.9 Å². The minimum absolute atomic E-state index is 0.0405. The number of aryl methyl sites for hydroxylation is 1. The number of hydrogen-bond donors (Lipinski definition) is 1. The van der Waals surface area contributed by atoms with E-state index >= 15 is 0 Å². The van der Waals surface area contributed by atoms with E-state index in [0.717, 1.165) is 33.1 Å². The van der Waals surface area contributed by atoms with Gasteiger partial charge in [-0.25, -0.2) is 8.42 Å². The predicted octanol–water partition coefficient (Wildman–Crippen LogP) is 6.17. The summed E-state index contributed by atoms with van der Waals surface area (Å²) in [6.07, 6.45) is 2.72. The van der Waals surface area contributed by atoms with Crippen molar-refractivity contribution in [2.75, 3.05) is 17.1 Å². The number of nitrogens with zero attached hydrogens (tertiary/aromatic N) is 2. The van der Waals surface area contributed by atoms with Gasteiger partial charge in [-0.3, -0.25) is 13.9 Å². The van der Waals surface area contributed by atoms with Gasteiger partial charge in [-0.05, 0) is 74.1 Å². The third-order valence-corrected chi connectivity index (χ3v) is 9.24. The molecule has 0 radical (unpaired) electrons. The maximum atomic E-state index is 14.0. The van der Waals surface area contributed by atoms with E-state index in [0.29, 0.717) is 18.5 Å². The van der Waals surface area contributed by atoms with Crippen LogP contribution in [0.1, 0.15) is 55.4 Å². The molecule has 0 fully saturated rings. The number of halogens is 1. The summed E-state index contributed by atoms with van der Waals surface area (Å²) in [7, 11) is -3.58. The lowest BCUT2D eigenvalue weighted by atomic mass is 10.0. The van der Waals surface area contributed by atoms with E-state index in [1.807, 2.05) is 94.4 Å². The highest BCUT2D eigenvalue weighted by Gasteiger charge is 2.31. The zero-order valence-electron chi connectivity index (χ0n) is 25.1. The minimum Gasteiger partial charge on any atom is -0.352 e. The van der Waals surface area contributed by atoms with E-state index in [-0.39, 0.29) is 37.4 Å². The van der Waals surface area contributed by atoms with Crippen LogP contribution in [-0.2, 0) is 32.6 Å². The Morgan fingerprint density at radius 2 is 1.60 bits per heavy atom. The van der Waals surface area contributed by atoms with E-state index in [9.17, 15) is 18.0 Å². The van der Waals surface area contributed by atoms with Crippen LogP contribution in [0.2, 0.25) is 0 Å². The van der Waals surface area contributed by atoms with E-state index in [2.05, 4.69) is 21.2 Å². The Bertz CT molecular complexity index is 1450. The first-order valence-corrected chi connectivity index (χ1v) is 17.0. The predicted molar refractivity (Wildman–Crippen MR) is 174 cm³/mol. The first kappa shape index (κ1) is 33.3. The van der Waals surface area contributed by atoms with Crippen LogP contribution < -0.4 is 9.62 Å². The van der Waals surface area contributed by atoms with Crippen molar-refractivity contribution in [2.45, 2.75) is 72.0 Å². The van der Waals surface area contributed by atoms with Crippen LogP contribution in [0.15, 0.2) is 77.3 Å². The molecular weight excluding hydrogens is 614 g/mol. The van der Waals surface area contributed by atoms with E-state index < -0.39 is 16.1 Å². The number of hydrogen-bond acceptors (Lipinski definition) is 4. The fourth-order valence-corrected chi connectivity index (χ4v) is 6.05. The Morgan fingerprint density at radius 3 is 2.21 bits per heavy atom. The number of carbonyl (C=O) groups is 2. The highest BCUT2D eigenvalue weighted by Crippen LogP contribution is 2.26. The minimum atomic E-state index is -3.58. The molecule has 226 valence electrons. The summed E-state index contributed by atoms with van der Waals surface area (Å²) in [6, 6.07) is 22.2. The van der Waals surface area contributed by atoms with Gasteiger partial charge in [-0.2, -0.15) is 0 Å². The summed E-state index contributed by atoms with van der Waals surface area (Å²) in [4.78, 5) is 29.3. The summed E-state index contributed by atoms with van der Waals surface area (Å²) in [5, 5.41) is 3.08. The van der Waals surface area contributed by atoms with Crippen molar-refractivity contribution >= 4 is 43.5 Å². The van der Waals surface area contributed by atoms with Crippen molar-refractivity contribution in [3.63, 3.8) is 0 Å². The van der Waals surface area contributed by atoms with Crippen LogP contribution in [-0.4, -0.2) is 50.0 Å². The lowest BCUT2D eigenvalue weighted by Crippen LogP contribution is -2.52. The summed E-state index contributed by atoms with van der Waals surface area (Å²) in [5.74, 6) is -0.403. The SMILES string of the molecule is CC[C@@H](C)NC(=O)[C@@H](Cc1ccccc1)N(Cc1ccc(Br)cc1)C(=O)CCCN(c1cccc(C)c1C)S(C)(=O)=O. The lowest BCUT2D eigenvalue weighted by Gasteiger charge is -2.33. The molecule has 42 heavy (non-hydrogen) atoms. The third-order valence-electron chi connectivity index (χ3n) is 7.54. The Kier molecular flexibility index (Phi) is 12.2. The van der Waals surface area contributed by atoms with E-state index in [1.54, 1.807) is 11.0 Å². The Morgan fingerprint density at radius 1 is 0.929 bits per heavy atom. The second-order valence-electron chi connectivity index (χ2n) is 10.8. The summed E-state index contributed by atoms with van der Waals surface area (Å²) >= 11 is 3.47. The van der Waals surface area contributed by atoms with Crippen molar-refractivity contribution in [3.05, 3.63) is 99.5 Å². The number of carbonyl (C=O) groups excluding carboxylic acids is 2. The lowest BCUT2D eigenvalue weighted by molar-refractivity contribution is -0.141. The molecular formula is C33H42BrN3O4S. The van der Waals surface area contributed by atoms with Crippen LogP contribution in [0.25, 0.3) is 0 Å². The second-order valence-corrected chi connectivity index (χ2v) is 13.7. The maximum absolute atomic E-state index is 14.0. The number of sulfonamides is 1. The van der Waals surface area contributed by atoms with Crippen molar-refractivity contribution in [3.8, 4) is 0 Å². The molecule has 3 rings (SSSR count). The highest BCUT2D eigenvalue weighted by molar-refractivity contribution is 9.10. The Hall–Kier alpha value is -3.17. The Labute approximate surface area is 259 Å². The molecule has 3 aromatic carbocycles. The number of rotatable bonds is 14.